The van der Waals surface area contributed by atoms with Crippen LogP contribution in [0.5, 0.6) is 0 Å². The number of nitrogens with two attached hydrogens (primary N) is 1. The lowest BCUT2D eigenvalue weighted by atomic mass is 9.77. The molecule has 17 heavy (non-hydrogen) atoms. The SMILES string of the molecule is Nc1cccc(C(C(=O)O)C2CCCCC2)c1. The van der Waals surface area contributed by atoms with Crippen molar-refractivity contribution in [1.29, 1.82) is 0 Å². The van der Waals surface area contributed by atoms with Crippen LogP contribution in [0.3, 0.4) is 0 Å². The minimum absolute atomic E-state index is 0.267. The first-order valence-corrected chi connectivity index (χ1v) is 6.26. The van der Waals surface area contributed by atoms with Crippen molar-refractivity contribution in [3.8, 4) is 0 Å². The van der Waals surface area contributed by atoms with Crippen LogP contribution >= 0.6 is 0 Å². The number of benzene rings is 1. The average molecular weight is 233 g/mol. The van der Waals surface area contributed by atoms with Gasteiger partial charge in [-0.25, -0.2) is 0 Å². The predicted molar refractivity (Wildman–Crippen MR) is 67.8 cm³/mol. The molecule has 1 aromatic rings. The van der Waals surface area contributed by atoms with Crippen molar-refractivity contribution in [3.05, 3.63) is 29.8 Å². The number of carboxylic acids is 1. The first-order chi connectivity index (χ1) is 8.18. The molecule has 0 radical (unpaired) electrons. The smallest absolute Gasteiger partial charge is 0.311 e. The zero-order chi connectivity index (χ0) is 12.3. The normalized spacial score (nSPS) is 18.8. The van der Waals surface area contributed by atoms with E-state index in [1.54, 1.807) is 12.1 Å². The molecule has 1 unspecified atom stereocenters. The molecule has 1 aromatic carbocycles. The summed E-state index contributed by atoms with van der Waals surface area (Å²) in [5, 5.41) is 9.43. The Balaban J connectivity index is 2.25. The predicted octanol–water partition coefficient (Wildman–Crippen LogP) is 3.02. The summed E-state index contributed by atoms with van der Waals surface area (Å²) < 4.78 is 0. The first-order valence-electron chi connectivity index (χ1n) is 6.26. The third kappa shape index (κ3) is 2.78. The summed E-state index contributed by atoms with van der Waals surface area (Å²) in [6.07, 6.45) is 5.57. The van der Waals surface area contributed by atoms with Crippen molar-refractivity contribution in [2.45, 2.75) is 38.0 Å². The Labute approximate surface area is 102 Å². The Bertz CT molecular complexity index is 397. The molecule has 1 aliphatic rings. The largest absolute Gasteiger partial charge is 0.481 e. The maximum absolute atomic E-state index is 11.5. The lowest BCUT2D eigenvalue weighted by Crippen LogP contribution is -2.23. The Morgan fingerprint density at radius 2 is 2.00 bits per heavy atom. The van der Waals surface area contributed by atoms with Gasteiger partial charge in [0.25, 0.3) is 0 Å². The van der Waals surface area contributed by atoms with Crippen LogP contribution in [0, 0.1) is 5.92 Å². The second kappa shape index (κ2) is 5.21. The van der Waals surface area contributed by atoms with E-state index in [1.165, 1.54) is 6.42 Å². The highest BCUT2D eigenvalue weighted by atomic mass is 16.4. The number of carbonyl (C=O) groups is 1. The number of rotatable bonds is 3. The van der Waals surface area contributed by atoms with E-state index in [0.29, 0.717) is 5.69 Å². The number of hydrogen-bond donors (Lipinski definition) is 2. The lowest BCUT2D eigenvalue weighted by molar-refractivity contribution is -0.140. The summed E-state index contributed by atoms with van der Waals surface area (Å²) in [4.78, 5) is 11.5. The van der Waals surface area contributed by atoms with Crippen LogP contribution in [-0.2, 0) is 4.79 Å². The molecule has 3 N–H and O–H groups in total. The summed E-state index contributed by atoms with van der Waals surface area (Å²) >= 11 is 0. The molecule has 2 rings (SSSR count). The molecule has 1 fully saturated rings. The maximum atomic E-state index is 11.5. The molecule has 0 aromatic heterocycles. The van der Waals surface area contributed by atoms with Crippen LogP contribution in [-0.4, -0.2) is 11.1 Å². The van der Waals surface area contributed by atoms with Crippen LogP contribution < -0.4 is 5.73 Å². The van der Waals surface area contributed by atoms with Crippen molar-refractivity contribution < 1.29 is 9.90 Å². The van der Waals surface area contributed by atoms with E-state index < -0.39 is 11.9 Å². The third-order valence-electron chi connectivity index (χ3n) is 3.66. The van der Waals surface area contributed by atoms with Crippen LogP contribution in [0.1, 0.15) is 43.6 Å². The zero-order valence-electron chi connectivity index (χ0n) is 9.93. The van der Waals surface area contributed by atoms with E-state index in [0.717, 1.165) is 31.2 Å². The van der Waals surface area contributed by atoms with Crippen LogP contribution in [0.2, 0.25) is 0 Å². The van der Waals surface area contributed by atoms with Gasteiger partial charge in [0.2, 0.25) is 0 Å². The Morgan fingerprint density at radius 3 is 2.59 bits per heavy atom. The minimum Gasteiger partial charge on any atom is -0.481 e. The second-order valence-electron chi connectivity index (χ2n) is 4.88. The van der Waals surface area contributed by atoms with Crippen molar-refractivity contribution in [1.82, 2.24) is 0 Å². The molecular weight excluding hydrogens is 214 g/mol. The van der Waals surface area contributed by atoms with Gasteiger partial charge in [-0.3, -0.25) is 4.79 Å². The summed E-state index contributed by atoms with van der Waals surface area (Å²) in [6.45, 7) is 0. The van der Waals surface area contributed by atoms with Gasteiger partial charge in [0.15, 0.2) is 0 Å². The summed E-state index contributed by atoms with van der Waals surface area (Å²) in [7, 11) is 0. The zero-order valence-corrected chi connectivity index (χ0v) is 9.93. The van der Waals surface area contributed by atoms with Gasteiger partial charge in [-0.1, -0.05) is 31.4 Å². The Kier molecular flexibility index (Phi) is 3.67. The number of nitrogen functional groups attached to an aromatic ring is 1. The fourth-order valence-electron chi connectivity index (χ4n) is 2.84. The van der Waals surface area contributed by atoms with E-state index in [4.69, 9.17) is 5.73 Å². The molecule has 0 spiro atoms. The quantitative estimate of drug-likeness (QED) is 0.789. The summed E-state index contributed by atoms with van der Waals surface area (Å²) in [5.74, 6) is -0.843. The number of carboxylic acid groups (broad SMARTS) is 1. The van der Waals surface area contributed by atoms with Crippen LogP contribution in [0.15, 0.2) is 24.3 Å². The van der Waals surface area contributed by atoms with E-state index in [1.807, 2.05) is 12.1 Å². The first kappa shape index (κ1) is 12.0. The lowest BCUT2D eigenvalue weighted by Gasteiger charge is -2.27. The van der Waals surface area contributed by atoms with E-state index in [2.05, 4.69) is 0 Å². The maximum Gasteiger partial charge on any atom is 0.311 e. The highest BCUT2D eigenvalue weighted by molar-refractivity contribution is 5.77. The molecule has 0 aliphatic heterocycles. The molecule has 1 atom stereocenters. The summed E-state index contributed by atoms with van der Waals surface area (Å²) in [6, 6.07) is 7.31. The molecule has 3 heteroatoms. The standard InChI is InChI=1S/C14H19NO2/c15-12-8-4-7-11(9-12)13(14(16)17)10-5-2-1-3-6-10/h4,7-10,13H,1-3,5-6,15H2,(H,16,17). The van der Waals surface area contributed by atoms with Crippen molar-refractivity contribution >= 4 is 11.7 Å². The minimum atomic E-state index is -0.720. The van der Waals surface area contributed by atoms with E-state index >= 15 is 0 Å². The second-order valence-corrected chi connectivity index (χ2v) is 4.88. The Hall–Kier alpha value is -1.51. The molecule has 0 heterocycles. The molecular formula is C14H19NO2. The van der Waals surface area contributed by atoms with Gasteiger partial charge >= 0.3 is 5.97 Å². The topological polar surface area (TPSA) is 63.3 Å². The van der Waals surface area contributed by atoms with Gasteiger partial charge < -0.3 is 10.8 Å². The highest BCUT2D eigenvalue weighted by Gasteiger charge is 2.30. The average Bonchev–Trinajstić information content (AvgIpc) is 2.30. The fourth-order valence-corrected chi connectivity index (χ4v) is 2.84. The van der Waals surface area contributed by atoms with Gasteiger partial charge in [-0.05, 0) is 36.5 Å². The summed E-state index contributed by atoms with van der Waals surface area (Å²) in [5.41, 5.74) is 7.23. The Morgan fingerprint density at radius 1 is 1.29 bits per heavy atom. The highest BCUT2D eigenvalue weighted by Crippen LogP contribution is 2.36. The van der Waals surface area contributed by atoms with E-state index in [9.17, 15) is 9.90 Å². The van der Waals surface area contributed by atoms with Gasteiger partial charge in [-0.15, -0.1) is 0 Å². The molecule has 1 saturated carbocycles. The van der Waals surface area contributed by atoms with Gasteiger partial charge in [-0.2, -0.15) is 0 Å². The van der Waals surface area contributed by atoms with Crippen LogP contribution in [0.4, 0.5) is 5.69 Å². The number of hydrogen-bond acceptors (Lipinski definition) is 2. The molecule has 0 amide bonds. The van der Waals surface area contributed by atoms with Gasteiger partial charge in [0.05, 0.1) is 5.92 Å². The molecule has 3 nitrogen and oxygen atoms in total. The fraction of sp³-hybridized carbons (Fsp3) is 0.500. The third-order valence-corrected chi connectivity index (χ3v) is 3.66. The number of aliphatic carboxylic acids is 1. The van der Waals surface area contributed by atoms with Crippen molar-refractivity contribution in [2.75, 3.05) is 5.73 Å². The van der Waals surface area contributed by atoms with Gasteiger partial charge in [0.1, 0.15) is 0 Å². The molecule has 1 aliphatic carbocycles. The molecule has 92 valence electrons. The van der Waals surface area contributed by atoms with E-state index in [-0.39, 0.29) is 5.92 Å². The monoisotopic (exact) mass is 233 g/mol. The molecule has 0 bridgehead atoms. The van der Waals surface area contributed by atoms with Crippen LogP contribution in [0.25, 0.3) is 0 Å². The molecule has 0 saturated heterocycles. The van der Waals surface area contributed by atoms with Crippen molar-refractivity contribution in [2.24, 2.45) is 5.92 Å². The number of anilines is 1. The van der Waals surface area contributed by atoms with Crippen molar-refractivity contribution in [3.63, 3.8) is 0 Å². The van der Waals surface area contributed by atoms with Gasteiger partial charge in [0, 0.05) is 5.69 Å².